The molecule has 1 N–H and O–H groups in total. The molecular weight excluding hydrogens is 772 g/mol. The molecule has 0 aromatic heterocycles. The van der Waals surface area contributed by atoms with Crippen LogP contribution < -0.4 is 0 Å². The molecular formula is C51H97O8P. The first-order valence-electron chi connectivity index (χ1n) is 25.5. The van der Waals surface area contributed by atoms with Crippen LogP contribution in [0.1, 0.15) is 264 Å². The van der Waals surface area contributed by atoms with E-state index in [0.717, 1.165) is 58.5 Å². The highest BCUT2D eigenvalue weighted by atomic mass is 31.2. The van der Waals surface area contributed by atoms with Crippen LogP contribution in [0.2, 0.25) is 0 Å². The molecule has 9 heteroatoms. The van der Waals surface area contributed by atoms with Gasteiger partial charge in [-0.1, -0.05) is 231 Å². The summed E-state index contributed by atoms with van der Waals surface area (Å²) >= 11 is 0. The van der Waals surface area contributed by atoms with Crippen LogP contribution in [-0.2, 0) is 32.7 Å². The van der Waals surface area contributed by atoms with Crippen molar-refractivity contribution in [3.05, 3.63) is 24.3 Å². The van der Waals surface area contributed by atoms with E-state index in [4.69, 9.17) is 14.0 Å². The summed E-state index contributed by atoms with van der Waals surface area (Å²) in [7, 11) is -3.20. The number of rotatable bonds is 48. The SMILES string of the molecule is CCCCC/C=C\C/C=C\CCCCCCCCCC(=O)OC(COC(=O)CCCCCCCCCCCCCCCCCCCCCCCCCC)COP(=O)(O)OC. The first-order valence-corrected chi connectivity index (χ1v) is 27.0. The summed E-state index contributed by atoms with van der Waals surface area (Å²) in [5.74, 6) is -0.799. The van der Waals surface area contributed by atoms with Crippen molar-refractivity contribution in [2.24, 2.45) is 0 Å². The molecule has 0 aliphatic heterocycles. The van der Waals surface area contributed by atoms with Crippen LogP contribution in [0, 0.1) is 0 Å². The van der Waals surface area contributed by atoms with Gasteiger partial charge in [0.15, 0.2) is 6.10 Å². The first-order chi connectivity index (χ1) is 29.3. The summed E-state index contributed by atoms with van der Waals surface area (Å²) < 4.78 is 32.1. The highest BCUT2D eigenvalue weighted by Gasteiger charge is 2.24. The van der Waals surface area contributed by atoms with Crippen LogP contribution in [0.15, 0.2) is 24.3 Å². The minimum Gasteiger partial charge on any atom is -0.462 e. The summed E-state index contributed by atoms with van der Waals surface area (Å²) in [4.78, 5) is 34.6. The molecule has 0 radical (unpaired) electrons. The van der Waals surface area contributed by atoms with Gasteiger partial charge in [-0.25, -0.2) is 4.57 Å². The van der Waals surface area contributed by atoms with Gasteiger partial charge in [-0.05, 0) is 44.9 Å². The van der Waals surface area contributed by atoms with Gasteiger partial charge in [-0.2, -0.15) is 0 Å². The van der Waals surface area contributed by atoms with E-state index in [-0.39, 0.29) is 19.0 Å². The molecule has 354 valence electrons. The summed E-state index contributed by atoms with van der Waals surface area (Å²) in [6.45, 7) is 3.90. The number of phosphoric ester groups is 1. The van der Waals surface area contributed by atoms with Gasteiger partial charge in [0.05, 0.1) is 6.61 Å². The van der Waals surface area contributed by atoms with E-state index < -0.39 is 26.5 Å². The zero-order valence-electron chi connectivity index (χ0n) is 39.6. The molecule has 60 heavy (non-hydrogen) atoms. The molecule has 0 rings (SSSR count). The first kappa shape index (κ1) is 58.5. The fraction of sp³-hybridized carbons (Fsp3) is 0.882. The molecule has 0 aliphatic rings. The monoisotopic (exact) mass is 869 g/mol. The van der Waals surface area contributed by atoms with Crippen LogP contribution in [-0.4, -0.2) is 43.3 Å². The second-order valence-corrected chi connectivity index (χ2v) is 18.9. The third-order valence-corrected chi connectivity index (χ3v) is 12.4. The van der Waals surface area contributed by atoms with Crippen LogP contribution in [0.4, 0.5) is 0 Å². The normalized spacial score (nSPS) is 13.3. The van der Waals surface area contributed by atoms with E-state index in [1.54, 1.807) is 0 Å². The van der Waals surface area contributed by atoms with Crippen molar-refractivity contribution in [1.82, 2.24) is 0 Å². The van der Waals surface area contributed by atoms with Crippen molar-refractivity contribution < 1.29 is 37.6 Å². The Hall–Kier alpha value is -1.47. The summed E-state index contributed by atoms with van der Waals surface area (Å²) in [5.41, 5.74) is 0. The fourth-order valence-electron chi connectivity index (χ4n) is 7.52. The topological polar surface area (TPSA) is 108 Å². The van der Waals surface area contributed by atoms with E-state index in [1.807, 2.05) is 0 Å². The molecule has 0 fully saturated rings. The number of hydrogen-bond donors (Lipinski definition) is 1. The Morgan fingerprint density at radius 1 is 0.467 bits per heavy atom. The van der Waals surface area contributed by atoms with Crippen LogP contribution in [0.25, 0.3) is 0 Å². The summed E-state index contributed by atoms with van der Waals surface area (Å²) in [6, 6.07) is 0. The lowest BCUT2D eigenvalue weighted by Crippen LogP contribution is -2.29. The summed E-state index contributed by atoms with van der Waals surface area (Å²) in [6.07, 6.45) is 55.3. The number of ether oxygens (including phenoxy) is 2. The number of allylic oxidation sites excluding steroid dienone is 4. The second kappa shape index (κ2) is 47.0. The van der Waals surface area contributed by atoms with Crippen molar-refractivity contribution in [2.75, 3.05) is 20.3 Å². The van der Waals surface area contributed by atoms with Gasteiger partial charge in [-0.15, -0.1) is 0 Å². The number of carbonyl (C=O) groups is 2. The lowest BCUT2D eigenvalue weighted by atomic mass is 10.0. The van der Waals surface area contributed by atoms with Gasteiger partial charge < -0.3 is 14.4 Å². The molecule has 0 spiro atoms. The average Bonchev–Trinajstić information content (AvgIpc) is 3.24. The molecule has 0 amide bonds. The number of phosphoric acid groups is 1. The predicted octanol–water partition coefficient (Wildman–Crippen LogP) is 16.6. The van der Waals surface area contributed by atoms with Crippen molar-refractivity contribution in [2.45, 2.75) is 270 Å². The van der Waals surface area contributed by atoms with E-state index >= 15 is 0 Å². The van der Waals surface area contributed by atoms with Crippen LogP contribution in [0.5, 0.6) is 0 Å². The predicted molar refractivity (Wildman–Crippen MR) is 253 cm³/mol. The van der Waals surface area contributed by atoms with Gasteiger partial charge in [0.1, 0.15) is 6.61 Å². The second-order valence-electron chi connectivity index (χ2n) is 17.3. The molecule has 0 saturated carbocycles. The Bertz CT molecular complexity index is 1030. The smallest absolute Gasteiger partial charge is 0.462 e. The minimum absolute atomic E-state index is 0.224. The van der Waals surface area contributed by atoms with Crippen LogP contribution >= 0.6 is 7.82 Å². The van der Waals surface area contributed by atoms with Crippen molar-refractivity contribution in [3.8, 4) is 0 Å². The largest absolute Gasteiger partial charge is 0.472 e. The van der Waals surface area contributed by atoms with E-state index in [2.05, 4.69) is 42.7 Å². The molecule has 0 aliphatic carbocycles. The minimum atomic E-state index is -4.27. The third kappa shape index (κ3) is 46.0. The number of carbonyl (C=O) groups excluding carboxylic acids is 2. The van der Waals surface area contributed by atoms with Gasteiger partial charge in [0.2, 0.25) is 0 Å². The average molecular weight is 869 g/mol. The highest BCUT2D eigenvalue weighted by molar-refractivity contribution is 7.47. The van der Waals surface area contributed by atoms with Crippen LogP contribution in [0.3, 0.4) is 0 Å². The Labute approximate surface area is 371 Å². The Morgan fingerprint density at radius 3 is 1.20 bits per heavy atom. The zero-order valence-corrected chi connectivity index (χ0v) is 40.5. The molecule has 0 saturated heterocycles. The van der Waals surface area contributed by atoms with Gasteiger partial charge >= 0.3 is 19.8 Å². The van der Waals surface area contributed by atoms with Gasteiger partial charge in [0.25, 0.3) is 0 Å². The Balaban J connectivity index is 3.84. The maximum atomic E-state index is 12.6. The van der Waals surface area contributed by atoms with Gasteiger partial charge in [0, 0.05) is 20.0 Å². The molecule has 0 aromatic rings. The third-order valence-electron chi connectivity index (χ3n) is 11.4. The van der Waals surface area contributed by atoms with E-state index in [0.29, 0.717) is 12.8 Å². The maximum Gasteiger partial charge on any atom is 0.472 e. The molecule has 0 heterocycles. The number of hydrogen-bond acceptors (Lipinski definition) is 7. The Morgan fingerprint density at radius 2 is 0.800 bits per heavy atom. The van der Waals surface area contributed by atoms with E-state index in [9.17, 15) is 19.0 Å². The molecule has 2 unspecified atom stereocenters. The molecule has 0 bridgehead atoms. The van der Waals surface area contributed by atoms with Gasteiger partial charge in [-0.3, -0.25) is 18.6 Å². The lowest BCUT2D eigenvalue weighted by Gasteiger charge is -2.19. The van der Waals surface area contributed by atoms with Crippen molar-refractivity contribution in [1.29, 1.82) is 0 Å². The molecule has 0 aromatic carbocycles. The standard InChI is InChI=1S/C51H97O8P/c1-4-6-8-10-12-14-16-18-20-22-23-24-25-26-27-28-30-31-33-35-37-39-41-43-45-50(52)57-47-49(48-58-60(54,55)56-3)59-51(53)46-44-42-40-38-36-34-32-29-21-19-17-15-13-11-9-7-5-2/h13,15,19,21,49H,4-12,14,16-18,20,22-48H2,1-3H3,(H,54,55)/b15-13-,21-19-. The number of unbranched alkanes of at least 4 members (excludes halogenated alkanes) is 33. The number of esters is 2. The summed E-state index contributed by atoms with van der Waals surface area (Å²) in [5, 5.41) is 0. The quantitative estimate of drug-likeness (QED) is 0.0279. The van der Waals surface area contributed by atoms with E-state index in [1.165, 1.54) is 180 Å². The van der Waals surface area contributed by atoms with Crippen molar-refractivity contribution in [3.63, 3.8) is 0 Å². The Kier molecular flexibility index (Phi) is 45.9. The lowest BCUT2D eigenvalue weighted by molar-refractivity contribution is -0.161. The zero-order chi connectivity index (χ0) is 43.9. The van der Waals surface area contributed by atoms with Crippen molar-refractivity contribution >= 4 is 19.8 Å². The highest BCUT2D eigenvalue weighted by Crippen LogP contribution is 2.42. The maximum absolute atomic E-state index is 12.6. The molecule has 2 atom stereocenters. The fourth-order valence-corrected chi connectivity index (χ4v) is 7.98. The molecule has 8 nitrogen and oxygen atoms in total.